The number of carboxylic acids is 1. The zero-order valence-electron chi connectivity index (χ0n) is 11.1. The third kappa shape index (κ3) is 2.29. The highest BCUT2D eigenvalue weighted by molar-refractivity contribution is 5.89. The summed E-state index contributed by atoms with van der Waals surface area (Å²) >= 11 is 0. The van der Waals surface area contributed by atoms with Gasteiger partial charge in [0, 0.05) is 0 Å². The van der Waals surface area contributed by atoms with Crippen molar-refractivity contribution >= 4 is 23.3 Å². The van der Waals surface area contributed by atoms with Crippen LogP contribution in [0.2, 0.25) is 0 Å². The number of hydrogen-bond donors (Lipinski definition) is 1. The van der Waals surface area contributed by atoms with Gasteiger partial charge in [-0.3, -0.25) is 4.79 Å². The summed E-state index contributed by atoms with van der Waals surface area (Å²) in [6.07, 6.45) is 0.684. The first kappa shape index (κ1) is 13.1. The molecule has 1 heterocycles. The largest absolute Gasteiger partial charge is 0.478 e. The fourth-order valence-electron chi connectivity index (χ4n) is 2.39. The van der Waals surface area contributed by atoms with Crippen molar-refractivity contribution in [3.8, 4) is 0 Å². The molecule has 0 fully saturated rings. The van der Waals surface area contributed by atoms with Crippen LogP contribution in [-0.4, -0.2) is 26.9 Å². The summed E-state index contributed by atoms with van der Waals surface area (Å²) in [7, 11) is 0. The van der Waals surface area contributed by atoms with Crippen molar-refractivity contribution in [2.24, 2.45) is 0 Å². The fourth-order valence-corrected chi connectivity index (χ4v) is 2.39. The molecule has 0 radical (unpaired) electrons. The van der Waals surface area contributed by atoms with Crippen molar-refractivity contribution < 1.29 is 14.7 Å². The summed E-state index contributed by atoms with van der Waals surface area (Å²) in [6, 6.07) is 14.1. The number of carbonyl (C=O) groups excluding carboxylic acids is 1. The zero-order chi connectivity index (χ0) is 14.8. The van der Waals surface area contributed by atoms with Gasteiger partial charge in [0.2, 0.25) is 0 Å². The van der Waals surface area contributed by atoms with Gasteiger partial charge in [-0.1, -0.05) is 30.3 Å². The average molecular weight is 280 g/mol. The first-order chi connectivity index (χ1) is 10.2. The summed E-state index contributed by atoms with van der Waals surface area (Å²) in [6.45, 7) is 0.289. The van der Waals surface area contributed by atoms with E-state index in [0.717, 1.165) is 5.52 Å². The minimum atomic E-state index is -0.984. The second-order valence-electron chi connectivity index (χ2n) is 4.63. The van der Waals surface area contributed by atoms with Crippen molar-refractivity contribution in [2.45, 2.75) is 6.54 Å². The van der Waals surface area contributed by atoms with Crippen LogP contribution in [-0.2, 0) is 6.54 Å². The Morgan fingerprint density at radius 1 is 1.14 bits per heavy atom. The predicted molar refractivity (Wildman–Crippen MR) is 77.6 cm³/mol. The van der Waals surface area contributed by atoms with Gasteiger partial charge in [-0.15, -0.1) is 0 Å². The van der Waals surface area contributed by atoms with Crippen LogP contribution in [0.25, 0.3) is 11.0 Å². The Morgan fingerprint density at radius 2 is 1.86 bits per heavy atom. The quantitative estimate of drug-likeness (QED) is 0.745. The van der Waals surface area contributed by atoms with Crippen LogP contribution in [0.5, 0.6) is 0 Å². The highest BCUT2D eigenvalue weighted by Crippen LogP contribution is 2.18. The molecule has 1 aromatic heterocycles. The Hall–Kier alpha value is -2.95. The van der Waals surface area contributed by atoms with Crippen molar-refractivity contribution in [2.75, 3.05) is 0 Å². The Balaban J connectivity index is 2.14. The summed E-state index contributed by atoms with van der Waals surface area (Å²) in [4.78, 5) is 26.7. The van der Waals surface area contributed by atoms with E-state index in [-0.39, 0.29) is 17.9 Å². The molecule has 3 aromatic rings. The van der Waals surface area contributed by atoms with Crippen LogP contribution in [0.1, 0.15) is 26.5 Å². The lowest BCUT2D eigenvalue weighted by atomic mass is 10.1. The normalized spacial score (nSPS) is 10.7. The maximum absolute atomic E-state index is 11.3. The Labute approximate surface area is 120 Å². The van der Waals surface area contributed by atoms with Gasteiger partial charge in [0.05, 0.1) is 23.1 Å². The lowest BCUT2D eigenvalue weighted by Gasteiger charge is -2.09. The van der Waals surface area contributed by atoms with Crippen LogP contribution in [0.3, 0.4) is 0 Å². The number of nitrogens with zero attached hydrogens (tertiary/aromatic N) is 2. The van der Waals surface area contributed by atoms with Gasteiger partial charge in [0.15, 0.2) is 12.1 Å². The molecule has 0 atom stereocenters. The standard InChI is InChI=1S/C16H12N2O3/c19-10-15-17-13-7-3-4-8-14(13)18(15)9-11-5-1-2-6-12(11)16(20)21/h1-8,10H,9H2,(H,20,21). The topological polar surface area (TPSA) is 72.2 Å². The van der Waals surface area contributed by atoms with E-state index in [2.05, 4.69) is 4.98 Å². The summed E-state index contributed by atoms with van der Waals surface area (Å²) < 4.78 is 1.73. The summed E-state index contributed by atoms with van der Waals surface area (Å²) in [5, 5.41) is 9.24. The molecule has 21 heavy (non-hydrogen) atoms. The Bertz CT molecular complexity index is 836. The first-order valence-electron chi connectivity index (χ1n) is 6.42. The smallest absolute Gasteiger partial charge is 0.336 e. The monoisotopic (exact) mass is 280 g/mol. The number of benzene rings is 2. The van der Waals surface area contributed by atoms with E-state index in [0.29, 0.717) is 17.4 Å². The van der Waals surface area contributed by atoms with E-state index in [9.17, 15) is 14.7 Å². The molecule has 5 heteroatoms. The van der Waals surface area contributed by atoms with E-state index < -0.39 is 5.97 Å². The molecule has 0 spiro atoms. The second-order valence-corrected chi connectivity index (χ2v) is 4.63. The number of rotatable bonds is 4. The first-order valence-corrected chi connectivity index (χ1v) is 6.42. The molecule has 1 N–H and O–H groups in total. The van der Waals surface area contributed by atoms with E-state index >= 15 is 0 Å². The fraction of sp³-hybridized carbons (Fsp3) is 0.0625. The van der Waals surface area contributed by atoms with E-state index in [4.69, 9.17) is 0 Å². The maximum Gasteiger partial charge on any atom is 0.336 e. The molecule has 0 aliphatic heterocycles. The lowest BCUT2D eigenvalue weighted by molar-refractivity contribution is 0.0695. The van der Waals surface area contributed by atoms with Gasteiger partial charge in [-0.25, -0.2) is 9.78 Å². The molecule has 104 valence electrons. The molecule has 0 aliphatic carbocycles. The van der Waals surface area contributed by atoms with Crippen molar-refractivity contribution in [1.82, 2.24) is 9.55 Å². The number of aromatic carboxylic acids is 1. The SMILES string of the molecule is O=Cc1nc2ccccc2n1Cc1ccccc1C(=O)O. The van der Waals surface area contributed by atoms with Gasteiger partial charge in [0.25, 0.3) is 0 Å². The van der Waals surface area contributed by atoms with Gasteiger partial charge >= 0.3 is 5.97 Å². The number of carboxylic acid groups (broad SMARTS) is 1. The van der Waals surface area contributed by atoms with Crippen LogP contribution < -0.4 is 0 Å². The van der Waals surface area contributed by atoms with Crippen LogP contribution in [0, 0.1) is 0 Å². The van der Waals surface area contributed by atoms with E-state index in [1.165, 1.54) is 0 Å². The zero-order valence-corrected chi connectivity index (χ0v) is 11.1. The molecular formula is C16H12N2O3. The molecule has 0 saturated carbocycles. The second kappa shape index (κ2) is 5.20. The van der Waals surface area contributed by atoms with Crippen molar-refractivity contribution in [1.29, 1.82) is 0 Å². The third-order valence-corrected chi connectivity index (χ3v) is 3.37. The Morgan fingerprint density at radius 3 is 2.62 bits per heavy atom. The number of aldehydes is 1. The van der Waals surface area contributed by atoms with Gasteiger partial charge < -0.3 is 9.67 Å². The minimum absolute atomic E-state index is 0.229. The highest BCUT2D eigenvalue weighted by Gasteiger charge is 2.14. The molecular weight excluding hydrogens is 268 g/mol. The molecule has 5 nitrogen and oxygen atoms in total. The van der Waals surface area contributed by atoms with Crippen LogP contribution in [0.15, 0.2) is 48.5 Å². The van der Waals surface area contributed by atoms with Crippen LogP contribution >= 0.6 is 0 Å². The van der Waals surface area contributed by atoms with E-state index in [1.807, 2.05) is 24.3 Å². The molecule has 3 rings (SSSR count). The van der Waals surface area contributed by atoms with Gasteiger partial charge in [-0.2, -0.15) is 0 Å². The van der Waals surface area contributed by atoms with Crippen molar-refractivity contribution in [3.63, 3.8) is 0 Å². The Kier molecular flexibility index (Phi) is 3.23. The minimum Gasteiger partial charge on any atom is -0.478 e. The maximum atomic E-state index is 11.3. The highest BCUT2D eigenvalue weighted by atomic mass is 16.4. The van der Waals surface area contributed by atoms with Crippen LogP contribution in [0.4, 0.5) is 0 Å². The summed E-state index contributed by atoms with van der Waals surface area (Å²) in [5.74, 6) is -0.695. The lowest BCUT2D eigenvalue weighted by Crippen LogP contribution is -2.09. The molecule has 0 saturated heterocycles. The van der Waals surface area contributed by atoms with Gasteiger partial charge in [-0.05, 0) is 23.8 Å². The number of carbonyl (C=O) groups is 2. The number of para-hydroxylation sites is 2. The van der Waals surface area contributed by atoms with E-state index in [1.54, 1.807) is 28.8 Å². The number of aromatic nitrogens is 2. The van der Waals surface area contributed by atoms with Gasteiger partial charge in [0.1, 0.15) is 0 Å². The number of hydrogen-bond acceptors (Lipinski definition) is 3. The van der Waals surface area contributed by atoms with Crippen molar-refractivity contribution in [3.05, 3.63) is 65.5 Å². The molecule has 0 unspecified atom stereocenters. The number of fused-ring (bicyclic) bond motifs is 1. The number of imidazole rings is 1. The predicted octanol–water partition coefficient (Wildman–Crippen LogP) is 2.60. The molecule has 0 bridgehead atoms. The molecule has 0 amide bonds. The average Bonchev–Trinajstić information content (AvgIpc) is 2.86. The summed E-state index contributed by atoms with van der Waals surface area (Å²) in [5.41, 5.74) is 2.38. The molecule has 0 aliphatic rings. The third-order valence-electron chi connectivity index (χ3n) is 3.37. The molecule has 2 aromatic carbocycles.